The van der Waals surface area contributed by atoms with E-state index in [1.165, 1.54) is 0 Å². The summed E-state index contributed by atoms with van der Waals surface area (Å²) < 4.78 is 5.59. The molecule has 0 aliphatic rings. The lowest BCUT2D eigenvalue weighted by atomic mass is 10.2. The fourth-order valence-corrected chi connectivity index (χ4v) is 1.83. The maximum Gasteiger partial charge on any atom is 0.265 e. The van der Waals surface area contributed by atoms with Gasteiger partial charge in [0.2, 0.25) is 0 Å². The van der Waals surface area contributed by atoms with Gasteiger partial charge in [-0.05, 0) is 24.1 Å². The van der Waals surface area contributed by atoms with E-state index in [9.17, 15) is 4.79 Å². The highest BCUT2D eigenvalue weighted by Gasteiger charge is 2.07. The van der Waals surface area contributed by atoms with Crippen LogP contribution in [0.2, 0.25) is 0 Å². The third kappa shape index (κ3) is 5.82. The number of anilines is 1. The van der Waals surface area contributed by atoms with Crippen LogP contribution in [0, 0.1) is 0 Å². The van der Waals surface area contributed by atoms with Crippen LogP contribution in [-0.2, 0) is 9.63 Å². The average Bonchev–Trinajstić information content (AvgIpc) is 2.59. The number of carbonyl (C=O) groups is 1. The summed E-state index contributed by atoms with van der Waals surface area (Å²) >= 11 is 0. The molecule has 2 aromatic rings. The number of amides is 1. The lowest BCUT2D eigenvalue weighted by molar-refractivity contribution is -0.120. The number of nitrogens with one attached hydrogen (secondary N) is 1. The quantitative estimate of drug-likeness (QED) is 0.600. The van der Waals surface area contributed by atoms with Crippen LogP contribution >= 0.6 is 0 Å². The standard InChI is InChI=1S/C18H20N2O3/c1-2-12-22-17-11-7-6-10-16(17)20-18(21)14-23-19-13-15-8-4-3-5-9-15/h3-11,13H,2,12,14H2,1H3,(H,20,21)/b19-13+. The van der Waals surface area contributed by atoms with E-state index in [1.807, 2.05) is 55.5 Å². The molecule has 0 fully saturated rings. The molecule has 0 radical (unpaired) electrons. The van der Waals surface area contributed by atoms with E-state index >= 15 is 0 Å². The average molecular weight is 312 g/mol. The normalized spacial score (nSPS) is 10.5. The molecule has 1 N–H and O–H groups in total. The summed E-state index contributed by atoms with van der Waals surface area (Å²) in [4.78, 5) is 16.9. The number of rotatable bonds is 8. The maximum atomic E-state index is 11.9. The molecule has 0 bridgehead atoms. The van der Waals surface area contributed by atoms with Gasteiger partial charge in [-0.1, -0.05) is 54.5 Å². The molecule has 2 aromatic carbocycles. The van der Waals surface area contributed by atoms with Crippen molar-refractivity contribution in [1.82, 2.24) is 0 Å². The number of benzene rings is 2. The Hall–Kier alpha value is -2.82. The molecule has 0 aliphatic heterocycles. The molecule has 5 nitrogen and oxygen atoms in total. The van der Waals surface area contributed by atoms with Gasteiger partial charge >= 0.3 is 0 Å². The van der Waals surface area contributed by atoms with Crippen LogP contribution in [0.25, 0.3) is 0 Å². The SMILES string of the molecule is CCCOc1ccccc1NC(=O)CO/N=C/c1ccccc1. The Bertz CT molecular complexity index is 642. The molecule has 2 rings (SSSR count). The minimum atomic E-state index is -0.289. The minimum absolute atomic E-state index is 0.161. The number of nitrogens with zero attached hydrogens (tertiary/aromatic N) is 1. The Labute approximate surface area is 135 Å². The summed E-state index contributed by atoms with van der Waals surface area (Å²) in [5.74, 6) is 0.359. The van der Waals surface area contributed by atoms with Crippen LogP contribution in [0.15, 0.2) is 59.8 Å². The molecule has 1 amide bonds. The van der Waals surface area contributed by atoms with Gasteiger partial charge < -0.3 is 14.9 Å². The first kappa shape index (κ1) is 16.5. The van der Waals surface area contributed by atoms with E-state index in [1.54, 1.807) is 12.3 Å². The lowest BCUT2D eigenvalue weighted by Crippen LogP contribution is -2.17. The van der Waals surface area contributed by atoms with E-state index in [-0.39, 0.29) is 12.5 Å². The Balaban J connectivity index is 1.82. The Morgan fingerprint density at radius 2 is 1.87 bits per heavy atom. The molecule has 0 spiro atoms. The predicted molar refractivity (Wildman–Crippen MR) is 90.8 cm³/mol. The first-order valence-corrected chi connectivity index (χ1v) is 7.51. The Kier molecular flexibility index (Phi) is 6.65. The van der Waals surface area contributed by atoms with Gasteiger partial charge in [0.1, 0.15) is 5.75 Å². The zero-order chi connectivity index (χ0) is 16.3. The molecule has 0 heterocycles. The van der Waals surface area contributed by atoms with E-state index < -0.39 is 0 Å². The maximum absolute atomic E-state index is 11.9. The second-order valence-electron chi connectivity index (χ2n) is 4.81. The van der Waals surface area contributed by atoms with Gasteiger partial charge in [0.05, 0.1) is 18.5 Å². The van der Waals surface area contributed by atoms with Gasteiger partial charge in [0, 0.05) is 0 Å². The van der Waals surface area contributed by atoms with Crippen molar-refractivity contribution in [3.8, 4) is 5.75 Å². The summed E-state index contributed by atoms with van der Waals surface area (Å²) in [7, 11) is 0. The van der Waals surface area contributed by atoms with Gasteiger partial charge in [-0.2, -0.15) is 0 Å². The number of oxime groups is 1. The molecule has 0 atom stereocenters. The molecule has 0 aliphatic carbocycles. The molecule has 5 heteroatoms. The van der Waals surface area contributed by atoms with E-state index in [0.717, 1.165) is 12.0 Å². The van der Waals surface area contributed by atoms with Gasteiger partial charge in [-0.25, -0.2) is 0 Å². The number of ether oxygens (including phenoxy) is 1. The fourth-order valence-electron chi connectivity index (χ4n) is 1.83. The molecule has 0 unspecified atom stereocenters. The number of hydrogen-bond acceptors (Lipinski definition) is 4. The second kappa shape index (κ2) is 9.25. The van der Waals surface area contributed by atoms with Crippen LogP contribution in [0.1, 0.15) is 18.9 Å². The highest BCUT2D eigenvalue weighted by Crippen LogP contribution is 2.23. The molecule has 0 saturated heterocycles. The van der Waals surface area contributed by atoms with Crippen molar-refractivity contribution in [2.24, 2.45) is 5.16 Å². The summed E-state index contributed by atoms with van der Waals surface area (Å²) in [6.45, 7) is 2.47. The monoisotopic (exact) mass is 312 g/mol. The van der Waals surface area contributed by atoms with Crippen molar-refractivity contribution >= 4 is 17.8 Å². The Morgan fingerprint density at radius 3 is 2.65 bits per heavy atom. The lowest BCUT2D eigenvalue weighted by Gasteiger charge is -2.11. The van der Waals surface area contributed by atoms with Crippen molar-refractivity contribution in [3.63, 3.8) is 0 Å². The van der Waals surface area contributed by atoms with Gasteiger partial charge in [-0.3, -0.25) is 4.79 Å². The van der Waals surface area contributed by atoms with Gasteiger partial charge in [-0.15, -0.1) is 0 Å². The highest BCUT2D eigenvalue weighted by atomic mass is 16.6. The van der Waals surface area contributed by atoms with E-state index in [4.69, 9.17) is 9.57 Å². The van der Waals surface area contributed by atoms with Crippen molar-refractivity contribution < 1.29 is 14.4 Å². The van der Waals surface area contributed by atoms with Gasteiger partial charge in [0.15, 0.2) is 6.61 Å². The highest BCUT2D eigenvalue weighted by molar-refractivity contribution is 5.93. The molecule has 120 valence electrons. The third-order valence-corrected chi connectivity index (χ3v) is 2.89. The first-order valence-electron chi connectivity index (χ1n) is 7.51. The zero-order valence-corrected chi connectivity index (χ0v) is 13.1. The third-order valence-electron chi connectivity index (χ3n) is 2.89. The number of carbonyl (C=O) groups excluding carboxylic acids is 1. The van der Waals surface area contributed by atoms with E-state index in [2.05, 4.69) is 10.5 Å². The fraction of sp³-hybridized carbons (Fsp3) is 0.222. The zero-order valence-electron chi connectivity index (χ0n) is 13.1. The second-order valence-corrected chi connectivity index (χ2v) is 4.81. The van der Waals surface area contributed by atoms with Gasteiger partial charge in [0.25, 0.3) is 5.91 Å². The first-order chi connectivity index (χ1) is 11.3. The molecule has 0 aromatic heterocycles. The molecular formula is C18H20N2O3. The molecular weight excluding hydrogens is 292 g/mol. The smallest absolute Gasteiger partial charge is 0.265 e. The summed E-state index contributed by atoms with van der Waals surface area (Å²) in [6, 6.07) is 16.8. The number of para-hydroxylation sites is 2. The molecule has 23 heavy (non-hydrogen) atoms. The number of hydrogen-bond donors (Lipinski definition) is 1. The van der Waals surface area contributed by atoms with Crippen LogP contribution in [-0.4, -0.2) is 25.3 Å². The van der Waals surface area contributed by atoms with Crippen molar-refractivity contribution in [3.05, 3.63) is 60.2 Å². The van der Waals surface area contributed by atoms with Crippen LogP contribution < -0.4 is 10.1 Å². The largest absolute Gasteiger partial charge is 0.491 e. The van der Waals surface area contributed by atoms with Crippen molar-refractivity contribution in [2.45, 2.75) is 13.3 Å². The topological polar surface area (TPSA) is 59.9 Å². The van der Waals surface area contributed by atoms with Crippen LogP contribution in [0.4, 0.5) is 5.69 Å². The predicted octanol–water partition coefficient (Wildman–Crippen LogP) is 3.46. The van der Waals surface area contributed by atoms with Crippen molar-refractivity contribution in [1.29, 1.82) is 0 Å². The van der Waals surface area contributed by atoms with E-state index in [0.29, 0.717) is 18.0 Å². The van der Waals surface area contributed by atoms with Crippen molar-refractivity contribution in [2.75, 3.05) is 18.5 Å². The Morgan fingerprint density at radius 1 is 1.13 bits per heavy atom. The minimum Gasteiger partial charge on any atom is -0.491 e. The summed E-state index contributed by atoms with van der Waals surface area (Å²) in [6.07, 6.45) is 2.46. The molecule has 0 saturated carbocycles. The van der Waals surface area contributed by atoms with Crippen LogP contribution in [0.3, 0.4) is 0 Å². The summed E-state index contributed by atoms with van der Waals surface area (Å²) in [5, 5.41) is 6.53. The summed E-state index contributed by atoms with van der Waals surface area (Å²) in [5.41, 5.74) is 1.54. The van der Waals surface area contributed by atoms with Crippen LogP contribution in [0.5, 0.6) is 5.75 Å².